The monoisotopic (exact) mass is 471 g/mol. The van der Waals surface area contributed by atoms with Gasteiger partial charge in [-0.05, 0) is 25.1 Å². The topological polar surface area (TPSA) is 55.3 Å². The van der Waals surface area contributed by atoms with Gasteiger partial charge in [-0.25, -0.2) is 9.97 Å². The number of ketones is 1. The van der Waals surface area contributed by atoms with E-state index in [1.807, 2.05) is 55.5 Å². The van der Waals surface area contributed by atoms with Crippen LogP contribution in [0.2, 0.25) is 0 Å². The zero-order chi connectivity index (χ0) is 20.2. The van der Waals surface area contributed by atoms with Crippen molar-refractivity contribution in [2.75, 3.05) is 26.3 Å². The third-order valence-electron chi connectivity index (χ3n) is 4.87. The molecule has 150 valence electrons. The number of para-hydroxylation sites is 1. The number of benzene rings is 2. The fourth-order valence-corrected chi connectivity index (χ4v) is 4.58. The minimum absolute atomic E-state index is 0.0972. The first-order valence-electron chi connectivity index (χ1n) is 9.62. The summed E-state index contributed by atoms with van der Waals surface area (Å²) < 4.78 is 6.39. The molecule has 7 heteroatoms. The molecule has 2 aromatic carbocycles. The van der Waals surface area contributed by atoms with E-state index in [2.05, 4.69) is 20.8 Å². The van der Waals surface area contributed by atoms with Crippen molar-refractivity contribution in [3.63, 3.8) is 0 Å². The fourth-order valence-electron chi connectivity index (χ4n) is 3.28. The van der Waals surface area contributed by atoms with Gasteiger partial charge in [0.2, 0.25) is 0 Å². The minimum Gasteiger partial charge on any atom is -0.379 e. The summed E-state index contributed by atoms with van der Waals surface area (Å²) in [4.78, 5) is 24.8. The number of halogens is 1. The summed E-state index contributed by atoms with van der Waals surface area (Å²) in [5.74, 6) is 0.885. The lowest BCUT2D eigenvalue weighted by atomic mass is 10.1. The number of ether oxygens (including phenoxy) is 1. The molecule has 0 radical (unpaired) electrons. The van der Waals surface area contributed by atoms with Crippen LogP contribution in [0.5, 0.6) is 0 Å². The van der Waals surface area contributed by atoms with Crippen LogP contribution < -0.4 is 0 Å². The summed E-state index contributed by atoms with van der Waals surface area (Å²) in [7, 11) is 0. The Balaban J connectivity index is 1.59. The number of Topliss-reactive ketones (excluding diaryl/α,β-unsaturated/α-hetero) is 1. The van der Waals surface area contributed by atoms with Crippen molar-refractivity contribution in [1.29, 1.82) is 0 Å². The fraction of sp³-hybridized carbons (Fsp3) is 0.318. The molecule has 0 bridgehead atoms. The Kier molecular flexibility index (Phi) is 6.60. The molecule has 0 saturated carbocycles. The minimum atomic E-state index is -0.245. The van der Waals surface area contributed by atoms with Gasteiger partial charge in [0.15, 0.2) is 5.78 Å². The molecule has 1 aromatic heterocycles. The van der Waals surface area contributed by atoms with Crippen LogP contribution in [0.4, 0.5) is 0 Å². The molecule has 0 N–H and O–H groups in total. The second-order valence-electron chi connectivity index (χ2n) is 6.98. The van der Waals surface area contributed by atoms with E-state index in [-0.39, 0.29) is 11.0 Å². The quantitative estimate of drug-likeness (QED) is 0.297. The van der Waals surface area contributed by atoms with Gasteiger partial charge in [-0.15, -0.1) is 0 Å². The highest BCUT2D eigenvalue weighted by molar-refractivity contribution is 9.10. The zero-order valence-corrected chi connectivity index (χ0v) is 18.6. The normalized spacial score (nSPS) is 16.1. The molecule has 3 aromatic rings. The van der Waals surface area contributed by atoms with Crippen molar-refractivity contribution >= 4 is 44.4 Å². The van der Waals surface area contributed by atoms with E-state index in [0.717, 1.165) is 52.5 Å². The highest BCUT2D eigenvalue weighted by atomic mass is 79.9. The smallest absolute Gasteiger partial charge is 0.175 e. The van der Waals surface area contributed by atoms with Crippen LogP contribution >= 0.6 is 27.7 Å². The van der Waals surface area contributed by atoms with Crippen molar-refractivity contribution in [1.82, 2.24) is 14.9 Å². The average Bonchev–Trinajstić information content (AvgIpc) is 2.74. The standard InChI is InChI=1S/C22H22BrN3O2S/c1-15(21(27)16-6-8-17(23)9-7-16)29-22-18-4-2-3-5-19(18)24-20(25-22)14-26-10-12-28-13-11-26/h2-9,15H,10-14H2,1H3. The summed E-state index contributed by atoms with van der Waals surface area (Å²) in [6.45, 7) is 5.89. The van der Waals surface area contributed by atoms with E-state index < -0.39 is 0 Å². The van der Waals surface area contributed by atoms with E-state index >= 15 is 0 Å². The molecular formula is C22H22BrN3O2S. The number of aromatic nitrogens is 2. The largest absolute Gasteiger partial charge is 0.379 e. The highest BCUT2D eigenvalue weighted by Crippen LogP contribution is 2.30. The van der Waals surface area contributed by atoms with Crippen LogP contribution in [0.1, 0.15) is 23.1 Å². The zero-order valence-electron chi connectivity index (χ0n) is 16.2. The van der Waals surface area contributed by atoms with Gasteiger partial charge in [-0.3, -0.25) is 9.69 Å². The first-order valence-corrected chi connectivity index (χ1v) is 11.3. The van der Waals surface area contributed by atoms with Crippen molar-refractivity contribution < 1.29 is 9.53 Å². The Morgan fingerprint density at radius 1 is 1.14 bits per heavy atom. The van der Waals surface area contributed by atoms with Crippen molar-refractivity contribution in [3.8, 4) is 0 Å². The Labute approximate surface area is 183 Å². The van der Waals surface area contributed by atoms with Gasteiger partial charge in [-0.1, -0.05) is 58.0 Å². The molecule has 1 fully saturated rings. The van der Waals surface area contributed by atoms with E-state index in [0.29, 0.717) is 12.1 Å². The number of morpholine rings is 1. The number of hydrogen-bond acceptors (Lipinski definition) is 6. The first kappa shape index (κ1) is 20.5. The predicted molar refractivity (Wildman–Crippen MR) is 119 cm³/mol. The second kappa shape index (κ2) is 9.34. The van der Waals surface area contributed by atoms with Gasteiger partial charge in [0.25, 0.3) is 0 Å². The maximum Gasteiger partial charge on any atom is 0.175 e. The highest BCUT2D eigenvalue weighted by Gasteiger charge is 2.20. The Morgan fingerprint density at radius 3 is 2.62 bits per heavy atom. The number of thioether (sulfide) groups is 1. The van der Waals surface area contributed by atoms with Crippen LogP contribution in [0.25, 0.3) is 10.9 Å². The van der Waals surface area contributed by atoms with Gasteiger partial charge in [0, 0.05) is 28.5 Å². The van der Waals surface area contributed by atoms with E-state index in [9.17, 15) is 4.79 Å². The summed E-state index contributed by atoms with van der Waals surface area (Å²) in [6, 6.07) is 15.5. The number of carbonyl (C=O) groups excluding carboxylic acids is 1. The maximum absolute atomic E-state index is 12.9. The van der Waals surface area contributed by atoms with Crippen LogP contribution in [0.3, 0.4) is 0 Å². The lowest BCUT2D eigenvalue weighted by Crippen LogP contribution is -2.36. The summed E-state index contributed by atoms with van der Waals surface area (Å²) >= 11 is 4.92. The molecular weight excluding hydrogens is 450 g/mol. The lowest BCUT2D eigenvalue weighted by Gasteiger charge is -2.26. The molecule has 1 saturated heterocycles. The summed E-state index contributed by atoms with van der Waals surface area (Å²) in [5, 5.41) is 1.60. The number of rotatable bonds is 6. The SMILES string of the molecule is CC(Sc1nc(CN2CCOCC2)nc2ccccc12)C(=O)c1ccc(Br)cc1. The van der Waals surface area contributed by atoms with Gasteiger partial charge in [-0.2, -0.15) is 0 Å². The number of hydrogen-bond donors (Lipinski definition) is 0. The summed E-state index contributed by atoms with van der Waals surface area (Å²) in [5.41, 5.74) is 1.62. The molecule has 1 atom stereocenters. The van der Waals surface area contributed by atoms with Gasteiger partial charge in [0.1, 0.15) is 10.9 Å². The lowest BCUT2D eigenvalue weighted by molar-refractivity contribution is 0.0330. The van der Waals surface area contributed by atoms with Crippen molar-refractivity contribution in [2.45, 2.75) is 23.7 Å². The molecule has 2 heterocycles. The third kappa shape index (κ3) is 5.04. The Hall–Kier alpha value is -1.80. The van der Waals surface area contributed by atoms with Crippen molar-refractivity contribution in [2.24, 2.45) is 0 Å². The summed E-state index contributed by atoms with van der Waals surface area (Å²) in [6.07, 6.45) is 0. The van der Waals surface area contributed by atoms with Crippen molar-refractivity contribution in [3.05, 3.63) is 64.4 Å². The molecule has 0 spiro atoms. The molecule has 0 amide bonds. The molecule has 29 heavy (non-hydrogen) atoms. The third-order valence-corrected chi connectivity index (χ3v) is 6.50. The molecule has 4 rings (SSSR count). The van der Waals surface area contributed by atoms with Gasteiger partial charge in [0.05, 0.1) is 30.5 Å². The Bertz CT molecular complexity index is 1010. The number of carbonyl (C=O) groups is 1. The maximum atomic E-state index is 12.9. The first-order chi connectivity index (χ1) is 14.1. The second-order valence-corrected chi connectivity index (χ2v) is 9.23. The predicted octanol–water partition coefficient (Wildman–Crippen LogP) is 4.59. The van der Waals surface area contributed by atoms with Crippen LogP contribution in [-0.2, 0) is 11.3 Å². The number of nitrogens with zero attached hydrogens (tertiary/aromatic N) is 3. The molecule has 0 aliphatic carbocycles. The number of fused-ring (bicyclic) bond motifs is 1. The Morgan fingerprint density at radius 2 is 1.86 bits per heavy atom. The van der Waals surface area contributed by atoms with E-state index in [1.165, 1.54) is 11.8 Å². The molecule has 1 unspecified atom stereocenters. The van der Waals surface area contributed by atoms with Gasteiger partial charge >= 0.3 is 0 Å². The van der Waals surface area contributed by atoms with Gasteiger partial charge < -0.3 is 4.74 Å². The van der Waals surface area contributed by atoms with E-state index in [4.69, 9.17) is 14.7 Å². The van der Waals surface area contributed by atoms with Crippen LogP contribution in [0, 0.1) is 0 Å². The van der Waals surface area contributed by atoms with E-state index in [1.54, 1.807) is 0 Å². The molecule has 5 nitrogen and oxygen atoms in total. The average molecular weight is 472 g/mol. The molecule has 1 aliphatic heterocycles. The molecule has 1 aliphatic rings. The van der Waals surface area contributed by atoms with Crippen LogP contribution in [-0.4, -0.2) is 52.2 Å². The van der Waals surface area contributed by atoms with Crippen LogP contribution in [0.15, 0.2) is 58.0 Å².